The lowest BCUT2D eigenvalue weighted by molar-refractivity contribution is -0.137. The van der Waals surface area contributed by atoms with E-state index in [0.29, 0.717) is 18.6 Å². The number of rotatable bonds is 5. The van der Waals surface area contributed by atoms with E-state index in [1.807, 2.05) is 0 Å². The Morgan fingerprint density at radius 2 is 2.19 bits per heavy atom. The predicted octanol–water partition coefficient (Wildman–Crippen LogP) is 2.58. The van der Waals surface area contributed by atoms with Gasteiger partial charge in [-0.05, 0) is 25.3 Å². The number of guanidine groups is 1. The Bertz CT molecular complexity index is 613. The second-order valence-corrected chi connectivity index (χ2v) is 6.09. The maximum atomic E-state index is 12.5. The molecule has 0 aliphatic carbocycles. The summed E-state index contributed by atoms with van der Waals surface area (Å²) in [6, 6.07) is 2.43. The molecule has 3 atom stereocenters. The van der Waals surface area contributed by atoms with Gasteiger partial charge in [0.25, 0.3) is 0 Å². The first-order valence-electron chi connectivity index (χ1n) is 8.24. The highest BCUT2D eigenvalue weighted by Crippen LogP contribution is 2.34. The molecule has 2 N–H and O–H groups in total. The minimum absolute atomic E-state index is 0. The van der Waals surface area contributed by atoms with E-state index in [-0.39, 0.29) is 48.6 Å². The van der Waals surface area contributed by atoms with Crippen molar-refractivity contribution in [1.29, 1.82) is 0 Å². The topological polar surface area (TPSA) is 67.8 Å². The van der Waals surface area contributed by atoms with E-state index in [1.54, 1.807) is 7.05 Å². The molecule has 3 unspecified atom stereocenters. The van der Waals surface area contributed by atoms with Crippen molar-refractivity contribution in [3.05, 3.63) is 23.9 Å². The van der Waals surface area contributed by atoms with E-state index in [9.17, 15) is 13.2 Å². The summed E-state index contributed by atoms with van der Waals surface area (Å²) in [6.07, 6.45) is 0.153. The number of nitrogens with one attached hydrogen (secondary N) is 2. The summed E-state index contributed by atoms with van der Waals surface area (Å²) >= 11 is 0. The molecule has 2 bridgehead atoms. The zero-order chi connectivity index (χ0) is 17.9. The standard InChI is InChI=1S/C16H21F3N4O2.HI/c1-20-15(23-12-8-11-3-4-13(12)25-11)21-6-7-24-14-5-2-10(9-22-14)16(17,18)19;/h2,5,9,11-13H,3-4,6-8H2,1H3,(H2,20,21,23);1H. The van der Waals surface area contributed by atoms with Gasteiger partial charge in [-0.3, -0.25) is 4.99 Å². The number of aliphatic imine (C=N–C) groups is 1. The molecule has 3 rings (SSSR count). The van der Waals surface area contributed by atoms with Crippen LogP contribution in [-0.2, 0) is 10.9 Å². The lowest BCUT2D eigenvalue weighted by Crippen LogP contribution is -2.48. The van der Waals surface area contributed by atoms with Crippen molar-refractivity contribution in [1.82, 2.24) is 15.6 Å². The Morgan fingerprint density at radius 1 is 1.38 bits per heavy atom. The molecule has 2 aliphatic heterocycles. The van der Waals surface area contributed by atoms with E-state index in [1.165, 1.54) is 6.07 Å². The number of nitrogens with zero attached hydrogens (tertiary/aromatic N) is 2. The second kappa shape index (κ2) is 9.07. The molecule has 0 radical (unpaired) electrons. The molecule has 146 valence electrons. The molecule has 3 heterocycles. The van der Waals surface area contributed by atoms with Gasteiger partial charge in [-0.15, -0.1) is 24.0 Å². The Balaban J connectivity index is 0.00000243. The zero-order valence-electron chi connectivity index (χ0n) is 14.3. The van der Waals surface area contributed by atoms with Crippen molar-refractivity contribution < 1.29 is 22.6 Å². The fourth-order valence-corrected chi connectivity index (χ4v) is 3.12. The number of aromatic nitrogens is 1. The molecule has 2 saturated heterocycles. The third-order valence-electron chi connectivity index (χ3n) is 4.36. The van der Waals surface area contributed by atoms with Crippen LogP contribution in [0.4, 0.5) is 13.2 Å². The first kappa shape index (κ1) is 21.0. The van der Waals surface area contributed by atoms with Gasteiger partial charge < -0.3 is 20.1 Å². The first-order valence-corrected chi connectivity index (χ1v) is 8.24. The molecule has 2 fully saturated rings. The van der Waals surface area contributed by atoms with Crippen LogP contribution in [0.15, 0.2) is 23.3 Å². The van der Waals surface area contributed by atoms with Crippen LogP contribution in [0.25, 0.3) is 0 Å². The lowest BCUT2D eigenvalue weighted by Gasteiger charge is -2.22. The largest absolute Gasteiger partial charge is 0.476 e. The molecular formula is C16H22F3IN4O2. The number of ether oxygens (including phenoxy) is 2. The van der Waals surface area contributed by atoms with Crippen molar-refractivity contribution >= 4 is 29.9 Å². The van der Waals surface area contributed by atoms with E-state index >= 15 is 0 Å². The summed E-state index contributed by atoms with van der Waals surface area (Å²) in [5.41, 5.74) is -0.796. The number of pyridine rings is 1. The van der Waals surface area contributed by atoms with Crippen LogP contribution in [0.3, 0.4) is 0 Å². The Hall–Kier alpha value is -1.30. The molecule has 2 aliphatic rings. The van der Waals surface area contributed by atoms with Crippen LogP contribution in [0.2, 0.25) is 0 Å². The van der Waals surface area contributed by atoms with Crippen LogP contribution in [-0.4, -0.2) is 49.4 Å². The molecule has 6 nitrogen and oxygen atoms in total. The van der Waals surface area contributed by atoms with Gasteiger partial charge in [0.15, 0.2) is 5.96 Å². The molecule has 1 aromatic rings. The lowest BCUT2D eigenvalue weighted by atomic mass is 9.96. The molecule has 0 spiro atoms. The SMILES string of the molecule is CN=C(NCCOc1ccc(C(F)(F)F)cn1)NC1CC2CCC1O2.I. The number of hydrogen-bond donors (Lipinski definition) is 2. The minimum Gasteiger partial charge on any atom is -0.476 e. The molecule has 1 aromatic heterocycles. The number of fused-ring (bicyclic) bond motifs is 2. The van der Waals surface area contributed by atoms with Gasteiger partial charge in [0.05, 0.1) is 30.4 Å². The highest BCUT2D eigenvalue weighted by Gasteiger charge is 2.41. The van der Waals surface area contributed by atoms with E-state index in [0.717, 1.165) is 31.5 Å². The van der Waals surface area contributed by atoms with Gasteiger partial charge >= 0.3 is 6.18 Å². The van der Waals surface area contributed by atoms with Crippen LogP contribution in [0.5, 0.6) is 5.88 Å². The van der Waals surface area contributed by atoms with Crippen LogP contribution < -0.4 is 15.4 Å². The first-order chi connectivity index (χ1) is 12.0. The minimum atomic E-state index is -4.39. The molecule has 26 heavy (non-hydrogen) atoms. The molecule has 0 aromatic carbocycles. The van der Waals surface area contributed by atoms with Gasteiger partial charge in [-0.1, -0.05) is 0 Å². The number of alkyl halides is 3. The van der Waals surface area contributed by atoms with Crippen molar-refractivity contribution in [2.24, 2.45) is 4.99 Å². The van der Waals surface area contributed by atoms with Gasteiger partial charge in [0.1, 0.15) is 6.61 Å². The average Bonchev–Trinajstić information content (AvgIpc) is 3.20. The summed E-state index contributed by atoms with van der Waals surface area (Å²) in [6.45, 7) is 0.705. The highest BCUT2D eigenvalue weighted by molar-refractivity contribution is 14.0. The maximum Gasteiger partial charge on any atom is 0.417 e. The summed E-state index contributed by atoms with van der Waals surface area (Å²) in [7, 11) is 1.68. The summed E-state index contributed by atoms with van der Waals surface area (Å²) in [4.78, 5) is 7.82. The van der Waals surface area contributed by atoms with Gasteiger partial charge in [0, 0.05) is 19.3 Å². The Morgan fingerprint density at radius 3 is 2.73 bits per heavy atom. The highest BCUT2D eigenvalue weighted by atomic mass is 127. The van der Waals surface area contributed by atoms with Crippen LogP contribution >= 0.6 is 24.0 Å². The van der Waals surface area contributed by atoms with Crippen LogP contribution in [0, 0.1) is 0 Å². The van der Waals surface area contributed by atoms with Gasteiger partial charge in [0.2, 0.25) is 5.88 Å². The molecule has 0 saturated carbocycles. The monoisotopic (exact) mass is 486 g/mol. The quantitative estimate of drug-likeness (QED) is 0.290. The second-order valence-electron chi connectivity index (χ2n) is 6.09. The van der Waals surface area contributed by atoms with Crippen LogP contribution in [0.1, 0.15) is 24.8 Å². The number of hydrogen-bond acceptors (Lipinski definition) is 4. The zero-order valence-corrected chi connectivity index (χ0v) is 16.6. The molecule has 10 heteroatoms. The summed E-state index contributed by atoms with van der Waals surface area (Å²) in [5, 5.41) is 6.45. The summed E-state index contributed by atoms with van der Waals surface area (Å²) < 4.78 is 48.5. The maximum absolute atomic E-state index is 12.5. The van der Waals surface area contributed by atoms with Crippen molar-refractivity contribution in [2.45, 2.75) is 43.7 Å². The van der Waals surface area contributed by atoms with E-state index in [4.69, 9.17) is 9.47 Å². The third-order valence-corrected chi connectivity index (χ3v) is 4.36. The molecular weight excluding hydrogens is 464 g/mol. The Kier molecular flexibility index (Phi) is 7.33. The van der Waals surface area contributed by atoms with Crippen molar-refractivity contribution in [3.63, 3.8) is 0 Å². The predicted molar refractivity (Wildman–Crippen MR) is 101 cm³/mol. The third kappa shape index (κ3) is 5.35. The van der Waals surface area contributed by atoms with E-state index in [2.05, 4.69) is 20.6 Å². The fraction of sp³-hybridized carbons (Fsp3) is 0.625. The Labute approximate surface area is 167 Å². The fourth-order valence-electron chi connectivity index (χ4n) is 3.12. The smallest absolute Gasteiger partial charge is 0.417 e. The molecule has 0 amide bonds. The normalized spacial score (nSPS) is 24.9. The number of halogens is 4. The van der Waals surface area contributed by atoms with Gasteiger partial charge in [-0.25, -0.2) is 4.98 Å². The summed E-state index contributed by atoms with van der Waals surface area (Å²) in [5.74, 6) is 0.810. The van der Waals surface area contributed by atoms with E-state index < -0.39 is 11.7 Å². The van der Waals surface area contributed by atoms with Crippen molar-refractivity contribution in [2.75, 3.05) is 20.2 Å². The van der Waals surface area contributed by atoms with Gasteiger partial charge in [-0.2, -0.15) is 13.2 Å². The average molecular weight is 486 g/mol. The van der Waals surface area contributed by atoms with Crippen molar-refractivity contribution in [3.8, 4) is 5.88 Å².